The maximum absolute atomic E-state index is 13.5. The minimum absolute atomic E-state index is 0.0908. The molecule has 1 aromatic heterocycles. The first kappa shape index (κ1) is 9.39. The topological polar surface area (TPSA) is 29.9 Å². The van der Waals surface area contributed by atoms with Crippen molar-refractivity contribution < 1.29 is 4.39 Å². The van der Waals surface area contributed by atoms with Gasteiger partial charge in [-0.15, -0.1) is 0 Å². The molecule has 0 fully saturated rings. The fraction of sp³-hybridized carbons (Fsp3) is 0.250. The fourth-order valence-electron chi connectivity index (χ4n) is 2.14. The number of imidazole rings is 1. The van der Waals surface area contributed by atoms with Crippen LogP contribution in [0, 0.1) is 5.82 Å². The second-order valence-electron chi connectivity index (χ2n) is 4.13. The van der Waals surface area contributed by atoms with Crippen molar-refractivity contribution in [1.29, 1.82) is 0 Å². The predicted octanol–water partition coefficient (Wildman–Crippen LogP) is 2.27. The molecule has 82 valence electrons. The van der Waals surface area contributed by atoms with Gasteiger partial charge in [0.1, 0.15) is 5.82 Å². The molecule has 0 bridgehead atoms. The maximum Gasteiger partial charge on any atom is 0.128 e. The number of fused-ring (bicyclic) bond motifs is 1. The average Bonchev–Trinajstić information content (AvgIpc) is 2.84. The first-order chi connectivity index (χ1) is 7.74. The summed E-state index contributed by atoms with van der Waals surface area (Å²) in [4.78, 5) is 4.29. The number of halogens is 1. The lowest BCUT2D eigenvalue weighted by Crippen LogP contribution is -2.05. The third-order valence-electron chi connectivity index (χ3n) is 2.94. The second-order valence-corrected chi connectivity index (χ2v) is 4.13. The molecule has 0 saturated carbocycles. The van der Waals surface area contributed by atoms with Gasteiger partial charge in [0.2, 0.25) is 0 Å². The normalized spacial score (nSPS) is 18.2. The summed E-state index contributed by atoms with van der Waals surface area (Å²) in [5.41, 5.74) is 2.60. The van der Waals surface area contributed by atoms with E-state index in [-0.39, 0.29) is 11.9 Å². The highest BCUT2D eigenvalue weighted by molar-refractivity contribution is 5.58. The molecule has 1 aromatic carbocycles. The Morgan fingerprint density at radius 1 is 1.50 bits per heavy atom. The van der Waals surface area contributed by atoms with Crippen LogP contribution in [0.5, 0.6) is 0 Å². The molecule has 0 spiro atoms. The van der Waals surface area contributed by atoms with Crippen molar-refractivity contribution in [2.24, 2.45) is 7.05 Å². The van der Waals surface area contributed by atoms with Crippen LogP contribution in [0.4, 0.5) is 10.1 Å². The van der Waals surface area contributed by atoms with E-state index in [1.54, 1.807) is 12.4 Å². The van der Waals surface area contributed by atoms with Gasteiger partial charge in [0, 0.05) is 30.9 Å². The average molecular weight is 217 g/mol. The molecule has 3 rings (SSSR count). The zero-order valence-corrected chi connectivity index (χ0v) is 8.94. The van der Waals surface area contributed by atoms with Crippen LogP contribution in [0.3, 0.4) is 0 Å². The molecular formula is C12H12FN3. The fourth-order valence-corrected chi connectivity index (χ4v) is 2.14. The van der Waals surface area contributed by atoms with Crippen molar-refractivity contribution in [3.05, 3.63) is 47.8 Å². The summed E-state index contributed by atoms with van der Waals surface area (Å²) in [5, 5.41) is 3.29. The number of anilines is 1. The van der Waals surface area contributed by atoms with Crippen LogP contribution in [0.25, 0.3) is 0 Å². The summed E-state index contributed by atoms with van der Waals surface area (Å²) in [6.45, 7) is 0. The van der Waals surface area contributed by atoms with Gasteiger partial charge in [-0.2, -0.15) is 0 Å². The van der Waals surface area contributed by atoms with Gasteiger partial charge < -0.3 is 9.88 Å². The van der Waals surface area contributed by atoms with Crippen molar-refractivity contribution in [2.45, 2.75) is 12.5 Å². The van der Waals surface area contributed by atoms with Gasteiger partial charge >= 0.3 is 0 Å². The standard InChI is InChI=1S/C12H12FN3/c1-16-6-12(14-7-16)11-5-8-9(13)3-2-4-10(8)15-11/h2-4,6-7,11,15H,5H2,1H3. The third kappa shape index (κ3) is 1.38. The Hall–Kier alpha value is -1.84. The van der Waals surface area contributed by atoms with Crippen LogP contribution in [0.2, 0.25) is 0 Å². The van der Waals surface area contributed by atoms with Crippen LogP contribution in [0.1, 0.15) is 17.3 Å². The number of aromatic nitrogens is 2. The van der Waals surface area contributed by atoms with Gasteiger partial charge in [0.15, 0.2) is 0 Å². The number of benzene rings is 1. The monoisotopic (exact) mass is 217 g/mol. The first-order valence-electron chi connectivity index (χ1n) is 5.26. The van der Waals surface area contributed by atoms with Gasteiger partial charge in [-0.3, -0.25) is 0 Å². The van der Waals surface area contributed by atoms with Crippen LogP contribution in [-0.4, -0.2) is 9.55 Å². The van der Waals surface area contributed by atoms with E-state index >= 15 is 0 Å². The molecule has 0 saturated heterocycles. The molecule has 0 radical (unpaired) electrons. The molecule has 4 heteroatoms. The molecule has 1 aliphatic heterocycles. The summed E-state index contributed by atoms with van der Waals surface area (Å²) in [5.74, 6) is -0.136. The molecule has 2 heterocycles. The van der Waals surface area contributed by atoms with E-state index in [0.717, 1.165) is 16.9 Å². The smallest absolute Gasteiger partial charge is 0.128 e. The first-order valence-corrected chi connectivity index (χ1v) is 5.26. The number of hydrogen-bond donors (Lipinski definition) is 1. The summed E-state index contributed by atoms with van der Waals surface area (Å²) >= 11 is 0. The molecule has 16 heavy (non-hydrogen) atoms. The van der Waals surface area contributed by atoms with Crippen molar-refractivity contribution in [1.82, 2.24) is 9.55 Å². The third-order valence-corrected chi connectivity index (χ3v) is 2.94. The highest BCUT2D eigenvalue weighted by Gasteiger charge is 2.25. The Balaban J connectivity index is 1.93. The van der Waals surface area contributed by atoms with Crippen molar-refractivity contribution in [2.75, 3.05) is 5.32 Å². The summed E-state index contributed by atoms with van der Waals surface area (Å²) in [6.07, 6.45) is 4.39. The van der Waals surface area contributed by atoms with Crippen LogP contribution >= 0.6 is 0 Å². The Bertz CT molecular complexity index is 533. The Kier molecular flexibility index (Phi) is 1.96. The zero-order valence-electron chi connectivity index (χ0n) is 8.94. The molecule has 1 N–H and O–H groups in total. The van der Waals surface area contributed by atoms with Gasteiger partial charge in [-0.25, -0.2) is 9.37 Å². The highest BCUT2D eigenvalue weighted by Crippen LogP contribution is 2.34. The lowest BCUT2D eigenvalue weighted by atomic mass is 10.1. The quantitative estimate of drug-likeness (QED) is 0.794. The van der Waals surface area contributed by atoms with Crippen molar-refractivity contribution >= 4 is 5.69 Å². The molecule has 2 aromatic rings. The number of hydrogen-bond acceptors (Lipinski definition) is 2. The predicted molar refractivity (Wildman–Crippen MR) is 59.7 cm³/mol. The molecule has 1 aliphatic rings. The molecule has 3 nitrogen and oxygen atoms in total. The minimum atomic E-state index is -0.136. The summed E-state index contributed by atoms with van der Waals surface area (Å²) in [7, 11) is 1.93. The molecule has 1 unspecified atom stereocenters. The number of rotatable bonds is 1. The molecule has 1 atom stereocenters. The van der Waals surface area contributed by atoms with E-state index in [0.29, 0.717) is 6.42 Å². The van der Waals surface area contributed by atoms with E-state index in [2.05, 4.69) is 10.3 Å². The molecule has 0 aliphatic carbocycles. The van der Waals surface area contributed by atoms with Gasteiger partial charge in [0.05, 0.1) is 18.1 Å². The van der Waals surface area contributed by atoms with Crippen LogP contribution in [-0.2, 0) is 13.5 Å². The molecular weight excluding hydrogens is 205 g/mol. The van der Waals surface area contributed by atoms with Gasteiger partial charge in [-0.05, 0) is 12.1 Å². The number of nitrogens with one attached hydrogen (secondary N) is 1. The van der Waals surface area contributed by atoms with Crippen molar-refractivity contribution in [3.8, 4) is 0 Å². The highest BCUT2D eigenvalue weighted by atomic mass is 19.1. The summed E-state index contributed by atoms with van der Waals surface area (Å²) < 4.78 is 15.4. The zero-order chi connectivity index (χ0) is 11.1. The SMILES string of the molecule is Cn1cnc(C2Cc3c(F)cccc3N2)c1. The van der Waals surface area contributed by atoms with E-state index in [4.69, 9.17) is 0 Å². The van der Waals surface area contributed by atoms with E-state index in [1.165, 1.54) is 6.07 Å². The number of aryl methyl sites for hydroxylation is 1. The Morgan fingerprint density at radius 3 is 3.06 bits per heavy atom. The Morgan fingerprint density at radius 2 is 2.38 bits per heavy atom. The van der Waals surface area contributed by atoms with E-state index in [9.17, 15) is 4.39 Å². The van der Waals surface area contributed by atoms with Crippen molar-refractivity contribution in [3.63, 3.8) is 0 Å². The largest absolute Gasteiger partial charge is 0.376 e. The summed E-state index contributed by atoms with van der Waals surface area (Å²) in [6, 6.07) is 5.22. The molecule has 0 amide bonds. The van der Waals surface area contributed by atoms with Gasteiger partial charge in [0.25, 0.3) is 0 Å². The lowest BCUT2D eigenvalue weighted by molar-refractivity contribution is 0.609. The van der Waals surface area contributed by atoms with E-state index < -0.39 is 0 Å². The lowest BCUT2D eigenvalue weighted by Gasteiger charge is -2.06. The minimum Gasteiger partial charge on any atom is -0.376 e. The van der Waals surface area contributed by atoms with E-state index in [1.807, 2.05) is 23.9 Å². The van der Waals surface area contributed by atoms with Gasteiger partial charge in [-0.1, -0.05) is 6.07 Å². The second kappa shape index (κ2) is 3.33. The number of nitrogens with zero attached hydrogens (tertiary/aromatic N) is 2. The Labute approximate surface area is 92.9 Å². The van der Waals surface area contributed by atoms with Crippen LogP contribution in [0.15, 0.2) is 30.7 Å². The maximum atomic E-state index is 13.5. The van der Waals surface area contributed by atoms with Crippen LogP contribution < -0.4 is 5.32 Å².